The van der Waals surface area contributed by atoms with E-state index in [1.807, 2.05) is 0 Å². The number of hydrogen-bond acceptors (Lipinski definition) is 3. The molecule has 0 radical (unpaired) electrons. The zero-order valence-electron chi connectivity index (χ0n) is 10.0. The number of nitrogens with two attached hydrogens (primary N) is 1. The Morgan fingerprint density at radius 1 is 1.44 bits per heavy atom. The Morgan fingerprint density at radius 2 is 2.06 bits per heavy atom. The van der Waals surface area contributed by atoms with Crippen LogP contribution in [0.3, 0.4) is 0 Å². The van der Waals surface area contributed by atoms with E-state index in [9.17, 15) is 9.90 Å². The van der Waals surface area contributed by atoms with E-state index in [1.165, 1.54) is 0 Å². The van der Waals surface area contributed by atoms with Crippen LogP contribution in [0.15, 0.2) is 0 Å². The van der Waals surface area contributed by atoms with Crippen LogP contribution in [0.25, 0.3) is 0 Å². The predicted octanol–water partition coefficient (Wildman–Crippen LogP) is 0.489. The van der Waals surface area contributed by atoms with Crippen LogP contribution >= 0.6 is 0 Å². The Balaban J connectivity index is 1.90. The maximum Gasteiger partial charge on any atom is 0.230 e. The molecule has 2 fully saturated rings. The van der Waals surface area contributed by atoms with Crippen molar-refractivity contribution in [2.45, 2.75) is 44.6 Å². The molecule has 1 saturated carbocycles. The Bertz CT molecular complexity index is 275. The fourth-order valence-corrected chi connectivity index (χ4v) is 2.88. The topological polar surface area (TPSA) is 66.6 Å². The average Bonchev–Trinajstić information content (AvgIpc) is 2.13. The lowest BCUT2D eigenvalue weighted by molar-refractivity contribution is -0.171. The van der Waals surface area contributed by atoms with Crippen LogP contribution in [-0.4, -0.2) is 41.1 Å². The Morgan fingerprint density at radius 3 is 2.44 bits per heavy atom. The van der Waals surface area contributed by atoms with Gasteiger partial charge in [-0.2, -0.15) is 0 Å². The molecule has 0 aromatic rings. The molecule has 4 nitrogen and oxygen atoms in total. The molecule has 3 N–H and O–H groups in total. The van der Waals surface area contributed by atoms with Gasteiger partial charge in [0.25, 0.3) is 0 Å². The average molecular weight is 226 g/mol. The molecule has 0 spiro atoms. The molecule has 1 amide bonds. The summed E-state index contributed by atoms with van der Waals surface area (Å²) in [6.07, 6.45) is 4.69. The van der Waals surface area contributed by atoms with Crippen LogP contribution in [0.1, 0.15) is 39.0 Å². The monoisotopic (exact) mass is 226 g/mol. The normalized spacial score (nSPS) is 25.8. The van der Waals surface area contributed by atoms with E-state index >= 15 is 0 Å². The zero-order chi connectivity index (χ0) is 11.8. The van der Waals surface area contributed by atoms with Gasteiger partial charge < -0.3 is 15.7 Å². The van der Waals surface area contributed by atoms with Crippen molar-refractivity contribution < 1.29 is 9.90 Å². The number of likely N-dealkylation sites (tertiary alicyclic amines) is 1. The highest BCUT2D eigenvalue weighted by Crippen LogP contribution is 2.43. The van der Waals surface area contributed by atoms with Crippen LogP contribution in [-0.2, 0) is 4.79 Å². The summed E-state index contributed by atoms with van der Waals surface area (Å²) in [6, 6.07) is 0. The number of rotatable bonds is 4. The molecule has 0 unspecified atom stereocenters. The van der Waals surface area contributed by atoms with E-state index < -0.39 is 5.60 Å². The molecule has 0 atom stereocenters. The number of hydrogen-bond donors (Lipinski definition) is 2. The van der Waals surface area contributed by atoms with E-state index in [4.69, 9.17) is 5.73 Å². The third kappa shape index (κ3) is 1.74. The maximum atomic E-state index is 12.2. The van der Waals surface area contributed by atoms with Gasteiger partial charge >= 0.3 is 0 Å². The van der Waals surface area contributed by atoms with E-state index in [2.05, 4.69) is 6.92 Å². The number of carbonyl (C=O) groups excluding carboxylic acids is 1. The summed E-state index contributed by atoms with van der Waals surface area (Å²) in [4.78, 5) is 14.0. The highest BCUT2D eigenvalue weighted by Gasteiger charge is 2.51. The van der Waals surface area contributed by atoms with Crippen molar-refractivity contribution in [1.82, 2.24) is 4.90 Å². The molecule has 92 valence electrons. The van der Waals surface area contributed by atoms with E-state index in [0.717, 1.165) is 32.1 Å². The molecule has 1 saturated heterocycles. The second-order valence-electron chi connectivity index (χ2n) is 5.47. The predicted molar refractivity (Wildman–Crippen MR) is 61.8 cm³/mol. The molecule has 0 bridgehead atoms. The van der Waals surface area contributed by atoms with Crippen molar-refractivity contribution in [3.8, 4) is 0 Å². The van der Waals surface area contributed by atoms with E-state index in [1.54, 1.807) is 4.90 Å². The van der Waals surface area contributed by atoms with Crippen LogP contribution in [0.5, 0.6) is 0 Å². The SMILES string of the molecule is CCCC1(O)CN(C(=O)C2(CN)CCC2)C1. The maximum absolute atomic E-state index is 12.2. The second kappa shape index (κ2) is 4.00. The Labute approximate surface area is 96.8 Å². The van der Waals surface area contributed by atoms with Gasteiger partial charge in [0.05, 0.1) is 24.1 Å². The smallest absolute Gasteiger partial charge is 0.230 e. The molecule has 2 aliphatic rings. The van der Waals surface area contributed by atoms with Crippen molar-refractivity contribution in [1.29, 1.82) is 0 Å². The number of carbonyl (C=O) groups is 1. The van der Waals surface area contributed by atoms with Gasteiger partial charge in [0.1, 0.15) is 0 Å². The van der Waals surface area contributed by atoms with Crippen LogP contribution in [0.4, 0.5) is 0 Å². The molecule has 2 rings (SSSR count). The van der Waals surface area contributed by atoms with Crippen molar-refractivity contribution in [2.24, 2.45) is 11.1 Å². The first kappa shape index (κ1) is 11.9. The molecule has 1 heterocycles. The molecule has 16 heavy (non-hydrogen) atoms. The van der Waals surface area contributed by atoms with Crippen LogP contribution in [0.2, 0.25) is 0 Å². The second-order valence-corrected chi connectivity index (χ2v) is 5.47. The molecule has 0 aromatic heterocycles. The quantitative estimate of drug-likeness (QED) is 0.733. The third-order valence-corrected chi connectivity index (χ3v) is 4.13. The van der Waals surface area contributed by atoms with Crippen LogP contribution < -0.4 is 5.73 Å². The first-order valence-corrected chi connectivity index (χ1v) is 6.27. The minimum atomic E-state index is -0.621. The van der Waals surface area contributed by atoms with Gasteiger partial charge in [-0.1, -0.05) is 19.8 Å². The van der Waals surface area contributed by atoms with Crippen molar-refractivity contribution in [3.63, 3.8) is 0 Å². The van der Waals surface area contributed by atoms with Crippen molar-refractivity contribution in [2.75, 3.05) is 19.6 Å². The van der Waals surface area contributed by atoms with E-state index in [-0.39, 0.29) is 11.3 Å². The largest absolute Gasteiger partial charge is 0.386 e. The zero-order valence-corrected chi connectivity index (χ0v) is 10.0. The minimum Gasteiger partial charge on any atom is -0.386 e. The summed E-state index contributed by atoms with van der Waals surface area (Å²) in [5, 5.41) is 10.0. The summed E-state index contributed by atoms with van der Waals surface area (Å²) in [7, 11) is 0. The van der Waals surface area contributed by atoms with Gasteiger partial charge in [0, 0.05) is 6.54 Å². The number of aliphatic hydroxyl groups is 1. The first-order chi connectivity index (χ1) is 7.55. The summed E-state index contributed by atoms with van der Waals surface area (Å²) in [6.45, 7) is 3.51. The summed E-state index contributed by atoms with van der Waals surface area (Å²) in [5.74, 6) is 0.169. The van der Waals surface area contributed by atoms with E-state index in [0.29, 0.717) is 19.6 Å². The van der Waals surface area contributed by atoms with Crippen molar-refractivity contribution in [3.05, 3.63) is 0 Å². The first-order valence-electron chi connectivity index (χ1n) is 6.27. The number of amides is 1. The summed E-state index contributed by atoms with van der Waals surface area (Å²) in [5.41, 5.74) is 4.80. The van der Waals surface area contributed by atoms with Gasteiger partial charge in [-0.15, -0.1) is 0 Å². The molecule has 0 aromatic carbocycles. The lowest BCUT2D eigenvalue weighted by Crippen LogP contribution is -2.67. The molecule has 1 aliphatic heterocycles. The lowest BCUT2D eigenvalue weighted by Gasteiger charge is -2.52. The Kier molecular flexibility index (Phi) is 2.97. The third-order valence-electron chi connectivity index (χ3n) is 4.13. The lowest BCUT2D eigenvalue weighted by atomic mass is 9.67. The molecular formula is C12H22N2O2. The highest BCUT2D eigenvalue weighted by atomic mass is 16.3. The Hall–Kier alpha value is -0.610. The van der Waals surface area contributed by atoms with Crippen molar-refractivity contribution >= 4 is 5.91 Å². The summed E-state index contributed by atoms with van der Waals surface area (Å²) >= 11 is 0. The van der Waals surface area contributed by atoms with Gasteiger partial charge in [-0.25, -0.2) is 0 Å². The van der Waals surface area contributed by atoms with Gasteiger partial charge in [0.15, 0.2) is 0 Å². The molecule has 1 aliphatic carbocycles. The number of β-amino-alcohol motifs (C(OH)–C–C–N with tert-alkyl or cyclic N) is 1. The standard InChI is InChI=1S/C12H22N2O2/c1-2-4-12(16)8-14(9-12)10(15)11(7-13)5-3-6-11/h16H,2-9,13H2,1H3. The van der Waals surface area contributed by atoms with Gasteiger partial charge in [-0.3, -0.25) is 4.79 Å². The molecule has 4 heteroatoms. The van der Waals surface area contributed by atoms with Crippen LogP contribution in [0, 0.1) is 5.41 Å². The van der Waals surface area contributed by atoms with Gasteiger partial charge in [-0.05, 0) is 19.3 Å². The fourth-order valence-electron chi connectivity index (χ4n) is 2.88. The number of nitrogens with zero attached hydrogens (tertiary/aromatic N) is 1. The summed E-state index contributed by atoms with van der Waals surface area (Å²) < 4.78 is 0. The highest BCUT2D eigenvalue weighted by molar-refractivity contribution is 5.85. The molecular weight excluding hydrogens is 204 g/mol. The minimum absolute atomic E-state index is 0.169. The van der Waals surface area contributed by atoms with Gasteiger partial charge in [0.2, 0.25) is 5.91 Å². The fraction of sp³-hybridized carbons (Fsp3) is 0.917.